The van der Waals surface area contributed by atoms with Crippen LogP contribution in [0.15, 0.2) is 21.7 Å². The van der Waals surface area contributed by atoms with Crippen LogP contribution in [-0.2, 0) is 11.2 Å². The lowest BCUT2D eigenvalue weighted by atomic mass is 9.89. The number of benzene rings is 1. The molecule has 0 saturated carbocycles. The van der Waals surface area contributed by atoms with E-state index in [-0.39, 0.29) is 10.9 Å². The van der Waals surface area contributed by atoms with E-state index < -0.39 is 22.5 Å². The second kappa shape index (κ2) is 4.29. The third kappa shape index (κ3) is 2.52. The molecule has 0 bridgehead atoms. The van der Waals surface area contributed by atoms with Crippen LogP contribution in [0.25, 0.3) is 10.9 Å². The van der Waals surface area contributed by atoms with Gasteiger partial charge in [0.15, 0.2) is 0 Å². The number of hydrogen-bond acceptors (Lipinski definition) is 4. The van der Waals surface area contributed by atoms with E-state index >= 15 is 0 Å². The zero-order valence-corrected chi connectivity index (χ0v) is 11.9. The van der Waals surface area contributed by atoms with Crippen LogP contribution in [0.5, 0.6) is 0 Å². The quantitative estimate of drug-likeness (QED) is 0.647. The highest BCUT2D eigenvalue weighted by molar-refractivity contribution is 5.82. The number of H-pyrrole nitrogens is 2. The highest BCUT2D eigenvalue weighted by Crippen LogP contribution is 2.30. The van der Waals surface area contributed by atoms with Gasteiger partial charge in [-0.25, -0.2) is 4.79 Å². The van der Waals surface area contributed by atoms with E-state index in [1.807, 2.05) is 0 Å². The monoisotopic (exact) mass is 278 g/mol. The lowest BCUT2D eigenvalue weighted by molar-refractivity contribution is 0.0728. The average Bonchev–Trinajstić information content (AvgIpc) is 2.24. The standard InChI is InChI=1S/C14H18N2O4/c1-13(2,19)7-5-8-10(9(6-7)14(3,4)20)15-12(18)16-11(8)17/h5-6,19-20H,1-4H3,(H2,15,16,17,18). The molecular formula is C14H18N2O4. The van der Waals surface area contributed by atoms with Crippen LogP contribution >= 0.6 is 0 Å². The van der Waals surface area contributed by atoms with Gasteiger partial charge in [-0.05, 0) is 45.4 Å². The first kappa shape index (κ1) is 14.5. The Balaban J connectivity index is 3.01. The molecule has 20 heavy (non-hydrogen) atoms. The van der Waals surface area contributed by atoms with Crippen LogP contribution in [-0.4, -0.2) is 20.2 Å². The third-order valence-corrected chi connectivity index (χ3v) is 3.21. The molecular weight excluding hydrogens is 260 g/mol. The van der Waals surface area contributed by atoms with E-state index in [0.717, 1.165) is 0 Å². The van der Waals surface area contributed by atoms with Crippen LogP contribution in [0.3, 0.4) is 0 Å². The van der Waals surface area contributed by atoms with Crippen LogP contribution in [0.4, 0.5) is 0 Å². The molecule has 0 spiro atoms. The molecule has 0 radical (unpaired) electrons. The van der Waals surface area contributed by atoms with Gasteiger partial charge in [-0.15, -0.1) is 0 Å². The van der Waals surface area contributed by atoms with Crippen molar-refractivity contribution in [2.75, 3.05) is 0 Å². The minimum Gasteiger partial charge on any atom is -0.386 e. The van der Waals surface area contributed by atoms with Gasteiger partial charge < -0.3 is 15.2 Å². The topological polar surface area (TPSA) is 106 Å². The van der Waals surface area contributed by atoms with Crippen molar-refractivity contribution in [3.8, 4) is 0 Å². The summed E-state index contributed by atoms with van der Waals surface area (Å²) in [5.74, 6) is 0. The summed E-state index contributed by atoms with van der Waals surface area (Å²) < 4.78 is 0. The van der Waals surface area contributed by atoms with E-state index in [2.05, 4.69) is 9.97 Å². The molecule has 0 atom stereocenters. The third-order valence-electron chi connectivity index (χ3n) is 3.21. The Morgan fingerprint density at radius 1 is 0.950 bits per heavy atom. The molecule has 0 unspecified atom stereocenters. The van der Waals surface area contributed by atoms with Gasteiger partial charge in [0.25, 0.3) is 5.56 Å². The molecule has 108 valence electrons. The molecule has 2 rings (SSSR count). The number of nitrogens with one attached hydrogen (secondary N) is 2. The van der Waals surface area contributed by atoms with E-state index in [9.17, 15) is 19.8 Å². The van der Waals surface area contributed by atoms with E-state index in [1.54, 1.807) is 33.8 Å². The number of fused-ring (bicyclic) bond motifs is 1. The summed E-state index contributed by atoms with van der Waals surface area (Å²) >= 11 is 0. The number of aromatic nitrogens is 2. The van der Waals surface area contributed by atoms with Crippen LogP contribution in [0.2, 0.25) is 0 Å². The van der Waals surface area contributed by atoms with Gasteiger partial charge in [0, 0.05) is 5.56 Å². The van der Waals surface area contributed by atoms with Crippen molar-refractivity contribution in [2.45, 2.75) is 38.9 Å². The lowest BCUT2D eigenvalue weighted by Gasteiger charge is -2.24. The minimum atomic E-state index is -1.27. The fourth-order valence-electron chi connectivity index (χ4n) is 2.11. The Bertz CT molecular complexity index is 773. The van der Waals surface area contributed by atoms with Gasteiger partial charge in [-0.1, -0.05) is 0 Å². The summed E-state index contributed by atoms with van der Waals surface area (Å²) in [4.78, 5) is 28.0. The maximum Gasteiger partial charge on any atom is 0.326 e. The van der Waals surface area contributed by atoms with Crippen molar-refractivity contribution in [1.82, 2.24) is 9.97 Å². The number of hydrogen-bond donors (Lipinski definition) is 4. The zero-order valence-electron chi connectivity index (χ0n) is 11.9. The van der Waals surface area contributed by atoms with Crippen LogP contribution in [0, 0.1) is 0 Å². The van der Waals surface area contributed by atoms with Gasteiger partial charge in [0.2, 0.25) is 0 Å². The molecule has 6 heteroatoms. The predicted octanol–water partition coefficient (Wildman–Crippen LogP) is 0.671. The first-order chi connectivity index (χ1) is 9.00. The zero-order chi connectivity index (χ0) is 15.3. The Kier molecular flexibility index (Phi) is 3.11. The maximum atomic E-state index is 11.9. The summed E-state index contributed by atoms with van der Waals surface area (Å²) in [7, 11) is 0. The number of aromatic amines is 2. The lowest BCUT2D eigenvalue weighted by Crippen LogP contribution is -2.27. The Labute approximate surface area is 115 Å². The molecule has 1 heterocycles. The molecule has 4 N–H and O–H groups in total. The van der Waals surface area contributed by atoms with E-state index in [0.29, 0.717) is 11.1 Å². The smallest absolute Gasteiger partial charge is 0.326 e. The van der Waals surface area contributed by atoms with Crippen molar-refractivity contribution in [3.63, 3.8) is 0 Å². The molecule has 6 nitrogen and oxygen atoms in total. The van der Waals surface area contributed by atoms with Crippen molar-refractivity contribution in [2.24, 2.45) is 0 Å². The van der Waals surface area contributed by atoms with Gasteiger partial charge in [0.1, 0.15) is 0 Å². The highest BCUT2D eigenvalue weighted by atomic mass is 16.3. The van der Waals surface area contributed by atoms with Crippen molar-refractivity contribution in [1.29, 1.82) is 0 Å². The first-order valence-electron chi connectivity index (χ1n) is 6.26. The fraction of sp³-hybridized carbons (Fsp3) is 0.429. The van der Waals surface area contributed by atoms with E-state index in [1.165, 1.54) is 6.07 Å². The largest absolute Gasteiger partial charge is 0.386 e. The average molecular weight is 278 g/mol. The molecule has 0 saturated heterocycles. The Morgan fingerprint density at radius 3 is 2.05 bits per heavy atom. The highest BCUT2D eigenvalue weighted by Gasteiger charge is 2.25. The summed E-state index contributed by atoms with van der Waals surface area (Å²) in [5, 5.41) is 20.6. The molecule has 2 aromatic rings. The second-order valence-electron chi connectivity index (χ2n) is 5.97. The summed E-state index contributed by atoms with van der Waals surface area (Å²) in [6, 6.07) is 3.11. The van der Waals surface area contributed by atoms with Gasteiger partial charge in [-0.2, -0.15) is 0 Å². The Morgan fingerprint density at radius 2 is 1.55 bits per heavy atom. The molecule has 0 aliphatic carbocycles. The van der Waals surface area contributed by atoms with Crippen LogP contribution < -0.4 is 11.2 Å². The molecule has 0 aliphatic heterocycles. The molecule has 1 aromatic heterocycles. The molecule has 0 aliphatic rings. The maximum absolute atomic E-state index is 11.9. The number of rotatable bonds is 2. The van der Waals surface area contributed by atoms with Gasteiger partial charge in [-0.3, -0.25) is 9.78 Å². The normalized spacial score (nSPS) is 12.9. The van der Waals surface area contributed by atoms with E-state index in [4.69, 9.17) is 0 Å². The number of aliphatic hydroxyl groups is 2. The van der Waals surface area contributed by atoms with Gasteiger partial charge >= 0.3 is 5.69 Å². The molecule has 0 amide bonds. The molecule has 0 fully saturated rings. The SMILES string of the molecule is CC(C)(O)c1cc(C(C)(C)O)c2[nH]c(=O)[nH]c(=O)c2c1. The van der Waals surface area contributed by atoms with Gasteiger partial charge in [0.05, 0.1) is 22.1 Å². The van der Waals surface area contributed by atoms with Crippen LogP contribution in [0.1, 0.15) is 38.8 Å². The summed E-state index contributed by atoms with van der Waals surface area (Å²) in [6.07, 6.45) is 0. The minimum absolute atomic E-state index is 0.223. The van der Waals surface area contributed by atoms with Crippen molar-refractivity contribution < 1.29 is 10.2 Å². The molecule has 1 aromatic carbocycles. The summed E-state index contributed by atoms with van der Waals surface area (Å²) in [5.41, 5.74) is -2.48. The second-order valence-corrected chi connectivity index (χ2v) is 5.97. The summed E-state index contributed by atoms with van der Waals surface area (Å²) in [6.45, 7) is 6.27. The van der Waals surface area contributed by atoms with Crippen molar-refractivity contribution >= 4 is 10.9 Å². The predicted molar refractivity (Wildman–Crippen MR) is 75.7 cm³/mol. The first-order valence-corrected chi connectivity index (χ1v) is 6.26. The fourth-order valence-corrected chi connectivity index (χ4v) is 2.11. The van der Waals surface area contributed by atoms with Crippen molar-refractivity contribution in [3.05, 3.63) is 44.1 Å². The Hall–Kier alpha value is -1.92.